The van der Waals surface area contributed by atoms with Crippen LogP contribution in [0, 0.1) is 0 Å². The maximum absolute atomic E-state index is 11.3. The highest BCUT2D eigenvalue weighted by Gasteiger charge is 2.09. The van der Waals surface area contributed by atoms with Crippen molar-refractivity contribution in [3.63, 3.8) is 0 Å². The number of methoxy groups -OCH3 is 1. The van der Waals surface area contributed by atoms with Gasteiger partial charge in [-0.05, 0) is 23.9 Å². The third-order valence-corrected chi connectivity index (χ3v) is 3.01. The molecule has 7 heteroatoms. The van der Waals surface area contributed by atoms with Crippen molar-refractivity contribution in [3.8, 4) is 0 Å². The number of pyridine rings is 1. The average Bonchev–Trinajstić information content (AvgIpc) is 2.74. The van der Waals surface area contributed by atoms with E-state index in [1.54, 1.807) is 30.1 Å². The number of nitrogens with zero attached hydrogens (tertiary/aromatic N) is 4. The fraction of sp³-hybridized carbons (Fsp3) is 0.200. The van der Waals surface area contributed by atoms with Crippen molar-refractivity contribution in [3.05, 3.63) is 30.2 Å². The fourth-order valence-electron chi connectivity index (χ4n) is 1.18. The maximum atomic E-state index is 11.3. The molecule has 2 heterocycles. The van der Waals surface area contributed by atoms with Crippen LogP contribution in [-0.4, -0.2) is 32.8 Å². The largest absolute Gasteiger partial charge is 0.465 e. The van der Waals surface area contributed by atoms with Crippen LogP contribution in [0.5, 0.6) is 0 Å². The summed E-state index contributed by atoms with van der Waals surface area (Å²) in [5.41, 5.74) is 0.465. The van der Waals surface area contributed by atoms with Crippen LogP contribution in [0.15, 0.2) is 34.8 Å². The standard InChI is InChI=1S/C10H10N4O2S/c1-14-10(12-6-13-14)17-8-5-7(3-4-11-8)9(15)16-2/h3-6H,1-2H3. The van der Waals surface area contributed by atoms with Crippen molar-refractivity contribution >= 4 is 17.7 Å². The number of aryl methyl sites for hydroxylation is 1. The van der Waals surface area contributed by atoms with E-state index in [1.807, 2.05) is 0 Å². The number of esters is 1. The second-order valence-electron chi connectivity index (χ2n) is 3.14. The van der Waals surface area contributed by atoms with Gasteiger partial charge in [0.25, 0.3) is 0 Å². The molecule has 0 unspecified atom stereocenters. The van der Waals surface area contributed by atoms with Gasteiger partial charge >= 0.3 is 5.97 Å². The van der Waals surface area contributed by atoms with Crippen LogP contribution in [0.3, 0.4) is 0 Å². The maximum Gasteiger partial charge on any atom is 0.337 e. The summed E-state index contributed by atoms with van der Waals surface area (Å²) in [5.74, 6) is -0.382. The molecule has 17 heavy (non-hydrogen) atoms. The smallest absolute Gasteiger partial charge is 0.337 e. The van der Waals surface area contributed by atoms with Crippen LogP contribution in [-0.2, 0) is 11.8 Å². The molecule has 88 valence electrons. The monoisotopic (exact) mass is 250 g/mol. The van der Waals surface area contributed by atoms with Gasteiger partial charge in [-0.1, -0.05) is 0 Å². The number of rotatable bonds is 3. The third-order valence-electron chi connectivity index (χ3n) is 2.02. The van der Waals surface area contributed by atoms with Gasteiger partial charge in [-0.3, -0.25) is 0 Å². The lowest BCUT2D eigenvalue weighted by Gasteiger charge is -2.02. The van der Waals surface area contributed by atoms with Gasteiger partial charge in [0.05, 0.1) is 12.7 Å². The molecule has 6 nitrogen and oxygen atoms in total. The zero-order valence-electron chi connectivity index (χ0n) is 9.32. The number of hydrogen-bond acceptors (Lipinski definition) is 6. The minimum absolute atomic E-state index is 0.382. The SMILES string of the molecule is COC(=O)c1ccnc(Sc2ncnn2C)c1. The van der Waals surface area contributed by atoms with E-state index in [2.05, 4.69) is 19.8 Å². The highest BCUT2D eigenvalue weighted by atomic mass is 32.2. The molecular weight excluding hydrogens is 240 g/mol. The number of ether oxygens (including phenoxy) is 1. The van der Waals surface area contributed by atoms with E-state index >= 15 is 0 Å². The van der Waals surface area contributed by atoms with E-state index in [4.69, 9.17) is 0 Å². The number of aromatic nitrogens is 4. The van der Waals surface area contributed by atoms with Crippen LogP contribution in [0.4, 0.5) is 0 Å². The topological polar surface area (TPSA) is 69.9 Å². The molecule has 0 aliphatic heterocycles. The normalized spacial score (nSPS) is 10.2. The first kappa shape index (κ1) is 11.6. The molecule has 0 saturated heterocycles. The number of carbonyl (C=O) groups is 1. The van der Waals surface area contributed by atoms with Crippen molar-refractivity contribution < 1.29 is 9.53 Å². The summed E-state index contributed by atoms with van der Waals surface area (Å²) in [6, 6.07) is 3.26. The van der Waals surface area contributed by atoms with Gasteiger partial charge in [0.1, 0.15) is 11.4 Å². The molecule has 0 aromatic carbocycles. The van der Waals surface area contributed by atoms with E-state index < -0.39 is 0 Å². The summed E-state index contributed by atoms with van der Waals surface area (Å²) >= 11 is 1.33. The van der Waals surface area contributed by atoms with E-state index in [0.29, 0.717) is 15.7 Å². The van der Waals surface area contributed by atoms with Gasteiger partial charge in [-0.2, -0.15) is 5.10 Å². The first-order valence-electron chi connectivity index (χ1n) is 4.77. The minimum atomic E-state index is -0.382. The lowest BCUT2D eigenvalue weighted by Crippen LogP contribution is -2.01. The first-order chi connectivity index (χ1) is 8.20. The summed E-state index contributed by atoms with van der Waals surface area (Å²) in [6.07, 6.45) is 3.03. The Labute approximate surface area is 102 Å². The quantitative estimate of drug-likeness (QED) is 0.761. The van der Waals surface area contributed by atoms with E-state index in [9.17, 15) is 4.79 Å². The molecule has 2 rings (SSSR count). The van der Waals surface area contributed by atoms with Crippen LogP contribution in [0.25, 0.3) is 0 Å². The van der Waals surface area contributed by atoms with Crippen LogP contribution in [0.1, 0.15) is 10.4 Å². The molecule has 0 N–H and O–H groups in total. The van der Waals surface area contributed by atoms with E-state index in [1.165, 1.54) is 25.2 Å². The van der Waals surface area contributed by atoms with Gasteiger partial charge in [-0.15, -0.1) is 0 Å². The second-order valence-corrected chi connectivity index (χ2v) is 4.13. The van der Waals surface area contributed by atoms with Crippen LogP contribution in [0.2, 0.25) is 0 Å². The van der Waals surface area contributed by atoms with Crippen LogP contribution >= 0.6 is 11.8 Å². The number of hydrogen-bond donors (Lipinski definition) is 0. The molecule has 0 radical (unpaired) electrons. The molecule has 0 spiro atoms. The van der Waals surface area contributed by atoms with E-state index in [-0.39, 0.29) is 5.97 Å². The van der Waals surface area contributed by atoms with Crippen molar-refractivity contribution in [2.24, 2.45) is 7.05 Å². The lowest BCUT2D eigenvalue weighted by molar-refractivity contribution is 0.0600. The van der Waals surface area contributed by atoms with Crippen molar-refractivity contribution in [1.29, 1.82) is 0 Å². The fourth-order valence-corrected chi connectivity index (χ4v) is 1.95. The van der Waals surface area contributed by atoms with Gasteiger partial charge < -0.3 is 4.74 Å². The molecule has 0 bridgehead atoms. The summed E-state index contributed by atoms with van der Waals surface area (Å²) in [7, 11) is 3.14. The number of carbonyl (C=O) groups excluding carboxylic acids is 1. The Hall–Kier alpha value is -1.89. The molecule has 0 amide bonds. The molecular formula is C10H10N4O2S. The van der Waals surface area contributed by atoms with Gasteiger partial charge in [-0.25, -0.2) is 19.4 Å². The molecule has 0 atom stereocenters. The Morgan fingerprint density at radius 2 is 2.29 bits per heavy atom. The Kier molecular flexibility index (Phi) is 3.38. The zero-order valence-corrected chi connectivity index (χ0v) is 10.1. The minimum Gasteiger partial charge on any atom is -0.465 e. The van der Waals surface area contributed by atoms with Crippen LogP contribution < -0.4 is 0 Å². The average molecular weight is 250 g/mol. The summed E-state index contributed by atoms with van der Waals surface area (Å²) in [6.45, 7) is 0. The summed E-state index contributed by atoms with van der Waals surface area (Å²) in [4.78, 5) is 19.6. The Bertz CT molecular complexity index is 541. The first-order valence-corrected chi connectivity index (χ1v) is 5.58. The Balaban J connectivity index is 2.22. The lowest BCUT2D eigenvalue weighted by atomic mass is 10.3. The predicted octanol–water partition coefficient (Wildman–Crippen LogP) is 1.15. The zero-order chi connectivity index (χ0) is 12.3. The van der Waals surface area contributed by atoms with Crippen molar-refractivity contribution in [2.75, 3.05) is 7.11 Å². The van der Waals surface area contributed by atoms with Gasteiger partial charge in [0, 0.05) is 13.2 Å². The molecule has 2 aromatic rings. The summed E-state index contributed by atoms with van der Waals surface area (Å²) < 4.78 is 6.28. The summed E-state index contributed by atoms with van der Waals surface area (Å²) in [5, 5.41) is 5.33. The highest BCUT2D eigenvalue weighted by molar-refractivity contribution is 7.99. The van der Waals surface area contributed by atoms with Crippen molar-refractivity contribution in [1.82, 2.24) is 19.7 Å². The molecule has 0 fully saturated rings. The van der Waals surface area contributed by atoms with Gasteiger partial charge in [0.2, 0.25) is 0 Å². The Morgan fingerprint density at radius 1 is 1.47 bits per heavy atom. The Morgan fingerprint density at radius 3 is 2.94 bits per heavy atom. The van der Waals surface area contributed by atoms with Crippen molar-refractivity contribution in [2.45, 2.75) is 10.2 Å². The highest BCUT2D eigenvalue weighted by Crippen LogP contribution is 2.23. The third kappa shape index (κ3) is 2.62. The second kappa shape index (κ2) is 4.96. The van der Waals surface area contributed by atoms with Gasteiger partial charge in [0.15, 0.2) is 5.16 Å². The van der Waals surface area contributed by atoms with E-state index in [0.717, 1.165) is 0 Å². The predicted molar refractivity (Wildman–Crippen MR) is 60.7 cm³/mol. The molecule has 0 aliphatic rings. The molecule has 0 saturated carbocycles. The molecule has 0 aliphatic carbocycles. The molecule has 2 aromatic heterocycles.